The summed E-state index contributed by atoms with van der Waals surface area (Å²) < 4.78 is 0. The molecule has 5 rings (SSSR count). The number of aromatic nitrogens is 4. The molecule has 1 aliphatic rings. The smallest absolute Gasteiger partial charge is 0.147 e. The van der Waals surface area contributed by atoms with Gasteiger partial charge in [0, 0.05) is 31.1 Å². The van der Waals surface area contributed by atoms with Crippen LogP contribution in [0.1, 0.15) is 35.6 Å². The second-order valence-corrected chi connectivity index (χ2v) is 7.47. The van der Waals surface area contributed by atoms with Gasteiger partial charge in [-0.25, -0.2) is 4.98 Å². The van der Waals surface area contributed by atoms with E-state index in [4.69, 9.17) is 4.98 Å². The number of nitrogens with one attached hydrogen (secondary N) is 1. The van der Waals surface area contributed by atoms with E-state index in [0.717, 1.165) is 42.8 Å². The van der Waals surface area contributed by atoms with Gasteiger partial charge in [0.1, 0.15) is 5.82 Å². The van der Waals surface area contributed by atoms with Crippen molar-refractivity contribution in [3.8, 4) is 0 Å². The Bertz CT molecular complexity index is 1070. The number of hydrogen-bond acceptors (Lipinski definition) is 4. The molecule has 5 heteroatoms. The standard InChI is InChI=1S/C23H23N5/c1-2-7-17(8-3-1)13-19-14-25-27-23(19)18-9-6-12-28(16-18)22-15-24-20-10-4-5-11-21(20)26-22/h1-5,7-8,10-11,14-15,18H,6,9,12-13,16H2,(H,25,27). The van der Waals surface area contributed by atoms with E-state index in [1.165, 1.54) is 23.2 Å². The molecule has 5 nitrogen and oxygen atoms in total. The van der Waals surface area contributed by atoms with E-state index < -0.39 is 0 Å². The van der Waals surface area contributed by atoms with Crippen molar-refractivity contribution in [2.24, 2.45) is 0 Å². The maximum atomic E-state index is 4.84. The zero-order valence-corrected chi connectivity index (χ0v) is 15.8. The van der Waals surface area contributed by atoms with Crippen molar-refractivity contribution in [3.63, 3.8) is 0 Å². The van der Waals surface area contributed by atoms with Crippen molar-refractivity contribution in [1.82, 2.24) is 20.2 Å². The summed E-state index contributed by atoms with van der Waals surface area (Å²) in [5.74, 6) is 1.40. The van der Waals surface area contributed by atoms with Gasteiger partial charge >= 0.3 is 0 Å². The predicted molar refractivity (Wildman–Crippen MR) is 112 cm³/mol. The van der Waals surface area contributed by atoms with Crippen LogP contribution in [0.3, 0.4) is 0 Å². The van der Waals surface area contributed by atoms with Gasteiger partial charge in [-0.2, -0.15) is 5.10 Å². The highest BCUT2D eigenvalue weighted by Gasteiger charge is 2.25. The molecular formula is C23H23N5. The lowest BCUT2D eigenvalue weighted by molar-refractivity contribution is 0.496. The Morgan fingerprint density at radius 2 is 1.79 bits per heavy atom. The third-order valence-electron chi connectivity index (χ3n) is 5.58. The van der Waals surface area contributed by atoms with Crippen LogP contribution in [0.4, 0.5) is 5.82 Å². The Kier molecular flexibility index (Phi) is 4.49. The Hall–Kier alpha value is -3.21. The minimum atomic E-state index is 0.434. The summed E-state index contributed by atoms with van der Waals surface area (Å²) in [7, 11) is 0. The summed E-state index contributed by atoms with van der Waals surface area (Å²) in [6, 6.07) is 18.6. The Morgan fingerprint density at radius 3 is 2.68 bits per heavy atom. The van der Waals surface area contributed by atoms with E-state index in [2.05, 4.69) is 50.4 Å². The minimum Gasteiger partial charge on any atom is -0.355 e. The van der Waals surface area contributed by atoms with E-state index in [-0.39, 0.29) is 0 Å². The first-order valence-electron chi connectivity index (χ1n) is 9.89. The average molecular weight is 369 g/mol. The third-order valence-corrected chi connectivity index (χ3v) is 5.58. The molecule has 3 heterocycles. The summed E-state index contributed by atoms with van der Waals surface area (Å²) in [6.07, 6.45) is 7.11. The number of anilines is 1. The zero-order valence-electron chi connectivity index (χ0n) is 15.8. The fourth-order valence-electron chi connectivity index (χ4n) is 4.15. The van der Waals surface area contributed by atoms with Crippen molar-refractivity contribution in [2.45, 2.75) is 25.2 Å². The number of para-hydroxylation sites is 2. The fourth-order valence-corrected chi connectivity index (χ4v) is 4.15. The van der Waals surface area contributed by atoms with Gasteiger partial charge in [-0.15, -0.1) is 0 Å². The second kappa shape index (κ2) is 7.43. The van der Waals surface area contributed by atoms with Crippen LogP contribution in [0, 0.1) is 0 Å². The third kappa shape index (κ3) is 3.36. The molecule has 2 aromatic carbocycles. The molecule has 0 radical (unpaired) electrons. The lowest BCUT2D eigenvalue weighted by atomic mass is 9.91. The number of piperidine rings is 1. The zero-order chi connectivity index (χ0) is 18.8. The van der Waals surface area contributed by atoms with Crippen molar-refractivity contribution in [2.75, 3.05) is 18.0 Å². The van der Waals surface area contributed by atoms with Gasteiger partial charge in [0.05, 0.1) is 23.4 Å². The summed E-state index contributed by atoms with van der Waals surface area (Å²) >= 11 is 0. The van der Waals surface area contributed by atoms with E-state index in [1.54, 1.807) is 0 Å². The van der Waals surface area contributed by atoms with Crippen molar-refractivity contribution < 1.29 is 0 Å². The van der Waals surface area contributed by atoms with Gasteiger partial charge in [-0.05, 0) is 36.1 Å². The van der Waals surface area contributed by atoms with Gasteiger partial charge in [0.2, 0.25) is 0 Å². The lowest BCUT2D eigenvalue weighted by Crippen LogP contribution is -2.35. The van der Waals surface area contributed by atoms with Crippen molar-refractivity contribution >= 4 is 16.9 Å². The molecule has 0 bridgehead atoms. The molecule has 1 saturated heterocycles. The Labute approximate surface area is 164 Å². The van der Waals surface area contributed by atoms with E-state index in [0.29, 0.717) is 5.92 Å². The minimum absolute atomic E-state index is 0.434. The predicted octanol–water partition coefficient (Wildman–Crippen LogP) is 4.33. The van der Waals surface area contributed by atoms with Crippen LogP contribution in [-0.2, 0) is 6.42 Å². The molecule has 1 fully saturated rings. The SMILES string of the molecule is c1ccc(Cc2cn[nH]c2C2CCCN(c3cnc4ccccc4n3)C2)cc1. The molecular weight excluding hydrogens is 346 g/mol. The van der Waals surface area contributed by atoms with Gasteiger partial charge in [-0.3, -0.25) is 10.1 Å². The summed E-state index contributed by atoms with van der Waals surface area (Å²) in [4.78, 5) is 11.8. The van der Waals surface area contributed by atoms with Crippen molar-refractivity contribution in [1.29, 1.82) is 0 Å². The topological polar surface area (TPSA) is 57.7 Å². The number of aromatic amines is 1. The van der Waals surface area contributed by atoms with Crippen LogP contribution in [0.2, 0.25) is 0 Å². The Morgan fingerprint density at radius 1 is 0.964 bits per heavy atom. The first-order valence-corrected chi connectivity index (χ1v) is 9.89. The van der Waals surface area contributed by atoms with Crippen molar-refractivity contribution in [3.05, 3.63) is 83.8 Å². The van der Waals surface area contributed by atoms with Gasteiger partial charge in [0.15, 0.2) is 0 Å². The first kappa shape index (κ1) is 16.9. The molecule has 0 amide bonds. The van der Waals surface area contributed by atoms with Crippen LogP contribution in [-0.4, -0.2) is 33.3 Å². The molecule has 0 aliphatic carbocycles. The maximum absolute atomic E-state index is 4.84. The maximum Gasteiger partial charge on any atom is 0.147 e. The number of nitrogens with zero attached hydrogens (tertiary/aromatic N) is 4. The fraction of sp³-hybridized carbons (Fsp3) is 0.261. The normalized spacial score (nSPS) is 17.1. The molecule has 1 aliphatic heterocycles. The molecule has 1 N–H and O–H groups in total. The molecule has 0 spiro atoms. The molecule has 140 valence electrons. The highest BCUT2D eigenvalue weighted by Crippen LogP contribution is 2.31. The molecule has 2 aromatic heterocycles. The summed E-state index contributed by atoms with van der Waals surface area (Å²) in [6.45, 7) is 1.96. The summed E-state index contributed by atoms with van der Waals surface area (Å²) in [5, 5.41) is 7.65. The lowest BCUT2D eigenvalue weighted by Gasteiger charge is -2.33. The Balaban J connectivity index is 1.38. The summed E-state index contributed by atoms with van der Waals surface area (Å²) in [5.41, 5.74) is 5.77. The largest absolute Gasteiger partial charge is 0.355 e. The van der Waals surface area contributed by atoms with E-state index >= 15 is 0 Å². The number of rotatable bonds is 4. The monoisotopic (exact) mass is 369 g/mol. The van der Waals surface area contributed by atoms with Gasteiger partial charge in [0.25, 0.3) is 0 Å². The molecule has 1 unspecified atom stereocenters. The van der Waals surface area contributed by atoms with E-state index in [9.17, 15) is 0 Å². The van der Waals surface area contributed by atoms with Gasteiger partial charge < -0.3 is 4.90 Å². The number of hydrogen-bond donors (Lipinski definition) is 1. The molecule has 28 heavy (non-hydrogen) atoms. The molecule has 0 saturated carbocycles. The van der Waals surface area contributed by atoms with Crippen LogP contribution in [0.15, 0.2) is 67.0 Å². The highest BCUT2D eigenvalue weighted by atomic mass is 15.2. The highest BCUT2D eigenvalue weighted by molar-refractivity contribution is 5.75. The second-order valence-electron chi connectivity index (χ2n) is 7.47. The van der Waals surface area contributed by atoms with Crippen LogP contribution >= 0.6 is 0 Å². The van der Waals surface area contributed by atoms with Crippen LogP contribution < -0.4 is 4.90 Å². The van der Waals surface area contributed by atoms with Gasteiger partial charge in [-0.1, -0.05) is 42.5 Å². The molecule has 1 atom stereocenters. The quantitative estimate of drug-likeness (QED) is 0.582. The number of fused-ring (bicyclic) bond motifs is 1. The van der Waals surface area contributed by atoms with Crippen LogP contribution in [0.25, 0.3) is 11.0 Å². The number of benzene rings is 2. The van der Waals surface area contributed by atoms with E-state index in [1.807, 2.05) is 36.7 Å². The van der Waals surface area contributed by atoms with Crippen LogP contribution in [0.5, 0.6) is 0 Å². The average Bonchev–Trinajstić information content (AvgIpc) is 3.22. The first-order chi connectivity index (χ1) is 13.9. The molecule has 4 aromatic rings. The number of H-pyrrole nitrogens is 1.